The number of aryl methyl sites for hydroxylation is 1. The molecule has 0 spiro atoms. The van der Waals surface area contributed by atoms with E-state index >= 15 is 0 Å². The van der Waals surface area contributed by atoms with Crippen LogP contribution in [0, 0.1) is 6.92 Å². The molecule has 0 unspecified atom stereocenters. The Kier molecular flexibility index (Phi) is 8.00. The van der Waals surface area contributed by atoms with Gasteiger partial charge in [0.1, 0.15) is 17.1 Å². The maximum Gasteiger partial charge on any atom is 0.192 e. The van der Waals surface area contributed by atoms with Gasteiger partial charge in [-0.1, -0.05) is 38.5 Å². The lowest BCUT2D eigenvalue weighted by molar-refractivity contribution is 0.477. The molecule has 1 fully saturated rings. The lowest BCUT2D eigenvalue weighted by atomic mass is 10.0. The van der Waals surface area contributed by atoms with E-state index in [9.17, 15) is 5.11 Å². The van der Waals surface area contributed by atoms with Gasteiger partial charge >= 0.3 is 0 Å². The van der Waals surface area contributed by atoms with Crippen LogP contribution >= 0.6 is 0 Å². The molecule has 7 nitrogen and oxygen atoms in total. The first-order chi connectivity index (χ1) is 13.2. The number of benzene rings is 1. The molecule has 4 N–H and O–H groups in total. The third kappa shape index (κ3) is 5.65. The predicted molar refractivity (Wildman–Crippen MR) is 109 cm³/mol. The molecule has 0 bridgehead atoms. The van der Waals surface area contributed by atoms with Gasteiger partial charge in [0, 0.05) is 25.6 Å². The number of nitrogens with zero attached hydrogens (tertiary/aromatic N) is 3. The number of hydrogen-bond acceptors (Lipinski definition) is 7. The Morgan fingerprint density at radius 2 is 1.63 bits per heavy atom. The monoisotopic (exact) mass is 371 g/mol. The molecule has 2 heterocycles. The van der Waals surface area contributed by atoms with Crippen molar-refractivity contribution in [2.24, 2.45) is 5.73 Å². The van der Waals surface area contributed by atoms with Gasteiger partial charge in [-0.2, -0.15) is 0 Å². The molecule has 1 aromatic carbocycles. The fraction of sp³-hybridized carbons (Fsp3) is 0.450. The fourth-order valence-corrected chi connectivity index (χ4v) is 2.95. The molecule has 0 aliphatic heterocycles. The van der Waals surface area contributed by atoms with Crippen molar-refractivity contribution in [1.29, 1.82) is 0 Å². The van der Waals surface area contributed by atoms with Gasteiger partial charge in [0.15, 0.2) is 11.5 Å². The van der Waals surface area contributed by atoms with E-state index in [1.54, 1.807) is 38.2 Å². The maximum atomic E-state index is 10.0. The molecular formula is C20H29N5O2. The van der Waals surface area contributed by atoms with Crippen LogP contribution < -0.4 is 11.1 Å². The van der Waals surface area contributed by atoms with E-state index in [2.05, 4.69) is 26.2 Å². The molecule has 3 aromatic rings. The number of nitrogens with one attached hydrogen (secondary N) is 1. The topological polar surface area (TPSA) is 110 Å². The molecule has 146 valence electrons. The summed E-state index contributed by atoms with van der Waals surface area (Å²) in [6, 6.07) is 6.85. The quantitative estimate of drug-likeness (QED) is 0.617. The highest BCUT2D eigenvalue weighted by molar-refractivity contribution is 5.83. The number of hydrogen-bond donors (Lipinski definition) is 3. The third-order valence-electron chi connectivity index (χ3n) is 4.31. The van der Waals surface area contributed by atoms with Crippen LogP contribution in [0.5, 0.6) is 5.75 Å². The first-order valence-corrected chi connectivity index (χ1v) is 9.37. The number of phenols is 1. The molecule has 0 radical (unpaired) electrons. The van der Waals surface area contributed by atoms with Crippen molar-refractivity contribution in [3.8, 4) is 17.0 Å². The molecule has 2 aromatic heterocycles. The van der Waals surface area contributed by atoms with Gasteiger partial charge in [0.25, 0.3) is 0 Å². The second-order valence-corrected chi connectivity index (χ2v) is 6.25. The van der Waals surface area contributed by atoms with Gasteiger partial charge < -0.3 is 20.6 Å². The number of rotatable bonds is 2. The molecule has 1 aliphatic rings. The van der Waals surface area contributed by atoms with Gasteiger partial charge in [-0.05, 0) is 25.2 Å². The highest BCUT2D eigenvalue weighted by atomic mass is 16.3. The van der Waals surface area contributed by atoms with E-state index in [1.807, 2.05) is 0 Å². The highest BCUT2D eigenvalue weighted by Gasteiger charge is 2.12. The second-order valence-electron chi connectivity index (χ2n) is 6.25. The average Bonchev–Trinajstić information content (AvgIpc) is 3.09. The molecular weight excluding hydrogens is 342 g/mol. The second kappa shape index (κ2) is 10.5. The van der Waals surface area contributed by atoms with E-state index in [4.69, 9.17) is 4.42 Å². The van der Waals surface area contributed by atoms with E-state index in [0.29, 0.717) is 34.1 Å². The summed E-state index contributed by atoms with van der Waals surface area (Å²) in [4.78, 5) is 4.16. The van der Waals surface area contributed by atoms with E-state index in [-0.39, 0.29) is 5.75 Å². The smallest absolute Gasteiger partial charge is 0.192 e. The summed E-state index contributed by atoms with van der Waals surface area (Å²) in [5.74, 6) is 1.33. The Labute approximate surface area is 160 Å². The largest absolute Gasteiger partial charge is 0.507 e. The zero-order valence-corrected chi connectivity index (χ0v) is 16.3. The Morgan fingerprint density at radius 1 is 1.00 bits per heavy atom. The predicted octanol–water partition coefficient (Wildman–Crippen LogP) is 4.26. The summed E-state index contributed by atoms with van der Waals surface area (Å²) in [5, 5.41) is 21.0. The molecule has 27 heavy (non-hydrogen) atoms. The summed E-state index contributed by atoms with van der Waals surface area (Å²) in [6.45, 7) is 1.76. The Hall–Kier alpha value is -2.67. The summed E-state index contributed by atoms with van der Waals surface area (Å²) < 4.78 is 5.45. The number of aromatic hydroxyl groups is 1. The van der Waals surface area contributed by atoms with Crippen LogP contribution in [-0.2, 0) is 0 Å². The average molecular weight is 371 g/mol. The van der Waals surface area contributed by atoms with Gasteiger partial charge in [0.05, 0.1) is 5.69 Å². The minimum Gasteiger partial charge on any atom is -0.507 e. The van der Waals surface area contributed by atoms with Crippen LogP contribution in [0.3, 0.4) is 0 Å². The van der Waals surface area contributed by atoms with Crippen molar-refractivity contribution in [3.05, 3.63) is 30.2 Å². The first-order valence-electron chi connectivity index (χ1n) is 9.37. The fourth-order valence-electron chi connectivity index (χ4n) is 2.95. The first kappa shape index (κ1) is 20.6. The number of fused-ring (bicyclic) bond motifs is 1. The Balaban J connectivity index is 0.000000275. The van der Waals surface area contributed by atoms with Crippen molar-refractivity contribution in [2.75, 3.05) is 19.4 Å². The zero-order valence-electron chi connectivity index (χ0n) is 16.3. The van der Waals surface area contributed by atoms with Crippen LogP contribution in [0.15, 0.2) is 28.7 Å². The molecule has 0 amide bonds. The van der Waals surface area contributed by atoms with Gasteiger partial charge in [0.2, 0.25) is 0 Å². The molecule has 0 atom stereocenters. The zero-order chi connectivity index (χ0) is 19.6. The number of aromatic nitrogens is 3. The minimum atomic E-state index is 0.104. The van der Waals surface area contributed by atoms with Crippen molar-refractivity contribution in [3.63, 3.8) is 0 Å². The van der Waals surface area contributed by atoms with E-state index in [1.165, 1.54) is 45.6 Å². The third-order valence-corrected chi connectivity index (χ3v) is 4.31. The maximum absolute atomic E-state index is 10.0. The molecule has 0 saturated heterocycles. The molecule has 1 aliphatic carbocycles. The van der Waals surface area contributed by atoms with Crippen LogP contribution in [0.4, 0.5) is 5.82 Å². The number of phenolic OH excluding ortho intramolecular Hbond substituents is 1. The van der Waals surface area contributed by atoms with Gasteiger partial charge in [-0.15, -0.1) is 10.2 Å². The normalized spacial score (nSPS) is 13.2. The summed E-state index contributed by atoms with van der Waals surface area (Å²) in [6.07, 6.45) is 9.00. The Morgan fingerprint density at radius 3 is 2.15 bits per heavy atom. The van der Waals surface area contributed by atoms with Crippen molar-refractivity contribution in [1.82, 2.24) is 15.2 Å². The van der Waals surface area contributed by atoms with Crippen LogP contribution in [0.2, 0.25) is 0 Å². The SMILES string of the molecule is C1CCCCC1.CN.CNc1ccc(-c2cc3oc(C)nc3cc2O)nn1. The van der Waals surface area contributed by atoms with Crippen LogP contribution in [0.25, 0.3) is 22.4 Å². The lowest BCUT2D eigenvalue weighted by Gasteiger charge is -2.05. The number of oxazole rings is 1. The highest BCUT2D eigenvalue weighted by Crippen LogP contribution is 2.32. The molecule has 4 rings (SSSR count). The summed E-state index contributed by atoms with van der Waals surface area (Å²) in [7, 11) is 3.27. The van der Waals surface area contributed by atoms with Crippen molar-refractivity contribution in [2.45, 2.75) is 45.4 Å². The van der Waals surface area contributed by atoms with Gasteiger partial charge in [-0.3, -0.25) is 0 Å². The minimum absolute atomic E-state index is 0.104. The van der Waals surface area contributed by atoms with Crippen molar-refractivity contribution >= 4 is 16.9 Å². The Bertz CT molecular complexity index is 815. The standard InChI is InChI=1S/C13H12N4O2.C6H12.CH5N/c1-7-15-10-6-11(18)8(5-12(10)19-7)9-3-4-13(14-2)17-16-9;1-2-4-6-5-3-1;1-2/h3-6,18H,1-2H3,(H,14,17);1-6H2;2H2,1H3. The van der Waals surface area contributed by atoms with Crippen LogP contribution in [-0.4, -0.2) is 34.4 Å². The summed E-state index contributed by atoms with van der Waals surface area (Å²) >= 11 is 0. The molecule has 7 heteroatoms. The number of nitrogens with two attached hydrogens (primary N) is 1. The lowest BCUT2D eigenvalue weighted by Crippen LogP contribution is -1.95. The van der Waals surface area contributed by atoms with Crippen molar-refractivity contribution < 1.29 is 9.52 Å². The van der Waals surface area contributed by atoms with E-state index < -0.39 is 0 Å². The van der Waals surface area contributed by atoms with Crippen LogP contribution in [0.1, 0.15) is 44.4 Å². The van der Waals surface area contributed by atoms with Gasteiger partial charge in [-0.25, -0.2) is 4.98 Å². The molecule has 1 saturated carbocycles. The number of anilines is 1. The summed E-state index contributed by atoms with van der Waals surface area (Å²) in [5.41, 5.74) is 6.88. The van der Waals surface area contributed by atoms with E-state index in [0.717, 1.165) is 0 Å².